The minimum absolute atomic E-state index is 0.0805. The van der Waals surface area contributed by atoms with Crippen molar-refractivity contribution in [2.45, 2.75) is 104 Å². The summed E-state index contributed by atoms with van der Waals surface area (Å²) in [4.78, 5) is 0. The van der Waals surface area contributed by atoms with E-state index in [1.165, 1.54) is 64.2 Å². The van der Waals surface area contributed by atoms with E-state index in [1.54, 1.807) is 5.57 Å². The van der Waals surface area contributed by atoms with Crippen LogP contribution in [0.15, 0.2) is 23.8 Å². The molecule has 0 aliphatic heterocycles. The molecule has 4 saturated carbocycles. The molecule has 1 nitrogen and oxygen atoms in total. The lowest BCUT2D eigenvalue weighted by Crippen LogP contribution is -2.50. The molecule has 4 fully saturated rings. The van der Waals surface area contributed by atoms with Crippen molar-refractivity contribution in [3.05, 3.63) is 23.8 Å². The average Bonchev–Trinajstić information content (AvgIpc) is 3.34. The van der Waals surface area contributed by atoms with Crippen molar-refractivity contribution in [3.63, 3.8) is 0 Å². The van der Waals surface area contributed by atoms with Crippen LogP contribution >= 0.6 is 0 Å². The fourth-order valence-corrected chi connectivity index (χ4v) is 9.16. The van der Waals surface area contributed by atoms with Crippen molar-refractivity contribution in [2.24, 2.45) is 46.3 Å². The topological polar surface area (TPSA) is 20.2 Å². The third-order valence-corrected chi connectivity index (χ3v) is 10.9. The Hall–Kier alpha value is -0.560. The Labute approximate surface area is 179 Å². The number of hydrogen-bond acceptors (Lipinski definition) is 1. The van der Waals surface area contributed by atoms with Crippen LogP contribution in [0.2, 0.25) is 0 Å². The predicted octanol–water partition coefficient (Wildman–Crippen LogP) is 7.31. The first kappa shape index (κ1) is 20.3. The first-order chi connectivity index (χ1) is 13.9. The molecule has 162 valence electrons. The van der Waals surface area contributed by atoms with Crippen LogP contribution in [0, 0.1) is 46.3 Å². The molecule has 0 spiro atoms. The largest absolute Gasteiger partial charge is 0.393 e. The summed E-state index contributed by atoms with van der Waals surface area (Å²) in [5.41, 5.74) is 2.55. The minimum atomic E-state index is -0.0805. The van der Waals surface area contributed by atoms with Crippen LogP contribution in [0.1, 0.15) is 97.8 Å². The highest BCUT2D eigenvalue weighted by Gasteiger charge is 2.58. The van der Waals surface area contributed by atoms with Crippen LogP contribution < -0.4 is 0 Å². The van der Waals surface area contributed by atoms with E-state index in [2.05, 4.69) is 39.0 Å². The highest BCUT2D eigenvalue weighted by Crippen LogP contribution is 2.67. The summed E-state index contributed by atoms with van der Waals surface area (Å²) in [5.74, 6) is 5.20. The molecule has 0 aromatic heterocycles. The van der Waals surface area contributed by atoms with Gasteiger partial charge in [-0.3, -0.25) is 0 Å². The van der Waals surface area contributed by atoms with Gasteiger partial charge in [-0.2, -0.15) is 0 Å². The number of hydrogen-bond donors (Lipinski definition) is 1. The Kier molecular flexibility index (Phi) is 5.29. The number of allylic oxidation sites excluding steroid dienone is 3. The monoisotopic (exact) mass is 396 g/mol. The summed E-state index contributed by atoms with van der Waals surface area (Å²) in [7, 11) is 0. The molecule has 0 heterocycles. The lowest BCUT2D eigenvalue weighted by Gasteiger charge is -2.58. The zero-order chi connectivity index (χ0) is 20.2. The second kappa shape index (κ2) is 7.54. The van der Waals surface area contributed by atoms with Crippen molar-refractivity contribution in [1.82, 2.24) is 0 Å². The molecule has 8 atom stereocenters. The summed E-state index contributed by atoms with van der Waals surface area (Å²) in [6.45, 7) is 7.76. The Bertz CT molecular complexity index is 670. The van der Waals surface area contributed by atoms with Crippen molar-refractivity contribution in [2.75, 3.05) is 0 Å². The van der Waals surface area contributed by atoms with Gasteiger partial charge in [0.15, 0.2) is 0 Å². The summed E-state index contributed by atoms with van der Waals surface area (Å²) in [5, 5.41) is 10.2. The molecule has 29 heavy (non-hydrogen) atoms. The van der Waals surface area contributed by atoms with Gasteiger partial charge in [-0.15, -0.1) is 0 Å². The van der Waals surface area contributed by atoms with Crippen LogP contribution in [0.25, 0.3) is 0 Å². The number of aliphatic hydroxyl groups is 1. The normalized spacial score (nSPS) is 48.8. The van der Waals surface area contributed by atoms with Crippen LogP contribution in [0.4, 0.5) is 0 Å². The molecule has 0 saturated heterocycles. The summed E-state index contributed by atoms with van der Waals surface area (Å²) in [6.07, 6.45) is 23.8. The van der Waals surface area contributed by atoms with Gasteiger partial charge in [-0.05, 0) is 111 Å². The van der Waals surface area contributed by atoms with Gasteiger partial charge >= 0.3 is 0 Å². The summed E-state index contributed by atoms with van der Waals surface area (Å²) < 4.78 is 0. The molecular weight excluding hydrogens is 352 g/mol. The van der Waals surface area contributed by atoms with E-state index in [9.17, 15) is 5.11 Å². The first-order valence-electron chi connectivity index (χ1n) is 13.0. The number of fused-ring (bicyclic) bond motifs is 5. The summed E-state index contributed by atoms with van der Waals surface area (Å²) in [6, 6.07) is 0. The van der Waals surface area contributed by atoms with Crippen LogP contribution in [-0.2, 0) is 0 Å². The van der Waals surface area contributed by atoms with E-state index < -0.39 is 0 Å². The molecule has 0 unspecified atom stereocenters. The zero-order valence-corrected chi connectivity index (χ0v) is 19.2. The van der Waals surface area contributed by atoms with E-state index >= 15 is 0 Å². The third kappa shape index (κ3) is 3.29. The molecule has 1 N–H and O–H groups in total. The Morgan fingerprint density at radius 2 is 1.79 bits per heavy atom. The molecule has 5 aliphatic carbocycles. The number of rotatable bonds is 3. The van der Waals surface area contributed by atoms with Gasteiger partial charge in [0.25, 0.3) is 0 Å². The Morgan fingerprint density at radius 1 is 1.00 bits per heavy atom. The van der Waals surface area contributed by atoms with Gasteiger partial charge < -0.3 is 5.11 Å². The molecule has 5 rings (SSSR count). The van der Waals surface area contributed by atoms with Crippen molar-refractivity contribution in [3.8, 4) is 0 Å². The fraction of sp³-hybridized carbons (Fsp3) is 0.857. The molecule has 0 aromatic rings. The lowest BCUT2D eigenvalue weighted by atomic mass is 9.47. The quantitative estimate of drug-likeness (QED) is 0.496. The maximum absolute atomic E-state index is 10.2. The molecule has 0 aromatic carbocycles. The maximum Gasteiger partial charge on any atom is 0.0577 e. The third-order valence-electron chi connectivity index (χ3n) is 10.9. The average molecular weight is 397 g/mol. The standard InChI is InChI=1S/C28H44O/c1-19(8-9-20-6-4-5-7-20)24-12-13-25-23-11-10-21-18-22(29)14-16-27(21,2)26(23)15-17-28(24,25)3/h8-10,19-20,22-26,29H,4-7,11-18H2,1-3H3/b9-8+/t19-,22+,23+,24-,25+,26+,27+,28-/m1/s1. The highest BCUT2D eigenvalue weighted by atomic mass is 16.3. The van der Waals surface area contributed by atoms with Crippen molar-refractivity contribution < 1.29 is 5.11 Å². The van der Waals surface area contributed by atoms with E-state index in [-0.39, 0.29) is 6.10 Å². The zero-order valence-electron chi connectivity index (χ0n) is 19.2. The molecule has 0 radical (unpaired) electrons. The van der Waals surface area contributed by atoms with Crippen LogP contribution in [0.3, 0.4) is 0 Å². The van der Waals surface area contributed by atoms with Gasteiger partial charge in [0.2, 0.25) is 0 Å². The molecule has 0 amide bonds. The second-order valence-electron chi connectivity index (χ2n) is 12.2. The van der Waals surface area contributed by atoms with E-state index in [0.717, 1.165) is 48.3 Å². The summed E-state index contributed by atoms with van der Waals surface area (Å²) >= 11 is 0. The van der Waals surface area contributed by atoms with Gasteiger partial charge in [0, 0.05) is 0 Å². The second-order valence-corrected chi connectivity index (χ2v) is 12.2. The minimum Gasteiger partial charge on any atom is -0.393 e. The van der Waals surface area contributed by atoms with Crippen LogP contribution in [0.5, 0.6) is 0 Å². The van der Waals surface area contributed by atoms with Gasteiger partial charge in [0.05, 0.1) is 6.10 Å². The van der Waals surface area contributed by atoms with Crippen molar-refractivity contribution in [1.29, 1.82) is 0 Å². The Balaban J connectivity index is 1.34. The van der Waals surface area contributed by atoms with Gasteiger partial charge in [0.1, 0.15) is 0 Å². The van der Waals surface area contributed by atoms with E-state index in [0.29, 0.717) is 10.8 Å². The maximum atomic E-state index is 10.2. The molecule has 5 aliphatic rings. The van der Waals surface area contributed by atoms with E-state index in [4.69, 9.17) is 0 Å². The SMILES string of the molecule is C[C@H](/C=C/C1CCCC1)[C@H]1CC[C@H]2[C@@H]3CC=C4C[C@@H](O)CC[C@]4(C)[C@H]3CC[C@]12C. The Morgan fingerprint density at radius 3 is 2.59 bits per heavy atom. The molecular formula is C28H44O. The molecule has 0 bridgehead atoms. The van der Waals surface area contributed by atoms with E-state index in [1.807, 2.05) is 0 Å². The van der Waals surface area contributed by atoms with Crippen molar-refractivity contribution >= 4 is 0 Å². The fourth-order valence-electron chi connectivity index (χ4n) is 9.16. The number of aliphatic hydroxyl groups excluding tert-OH is 1. The highest BCUT2D eigenvalue weighted by molar-refractivity contribution is 5.25. The predicted molar refractivity (Wildman–Crippen MR) is 121 cm³/mol. The van der Waals surface area contributed by atoms with Gasteiger partial charge in [-0.25, -0.2) is 0 Å². The smallest absolute Gasteiger partial charge is 0.0577 e. The lowest BCUT2D eigenvalue weighted by molar-refractivity contribution is -0.0540. The first-order valence-corrected chi connectivity index (χ1v) is 13.0. The molecule has 1 heteroatoms. The van der Waals surface area contributed by atoms with Crippen LogP contribution in [-0.4, -0.2) is 11.2 Å². The van der Waals surface area contributed by atoms with Gasteiger partial charge in [-0.1, -0.05) is 57.4 Å².